The van der Waals surface area contributed by atoms with Gasteiger partial charge in [0.1, 0.15) is 23.8 Å². The molecule has 0 atom stereocenters. The van der Waals surface area contributed by atoms with Crippen LogP contribution in [0.3, 0.4) is 0 Å². The molecule has 0 saturated heterocycles. The number of hydrogen-bond donors (Lipinski definition) is 0. The van der Waals surface area contributed by atoms with Crippen LogP contribution in [0, 0.1) is 0 Å². The highest BCUT2D eigenvalue weighted by Crippen LogP contribution is 2.27. The van der Waals surface area contributed by atoms with Crippen LogP contribution in [0.25, 0.3) is 39.4 Å². The van der Waals surface area contributed by atoms with E-state index < -0.39 is 0 Å². The predicted octanol–water partition coefficient (Wildman–Crippen LogP) is 5.57. The van der Waals surface area contributed by atoms with E-state index in [1.165, 1.54) is 15.9 Å². The van der Waals surface area contributed by atoms with Crippen molar-refractivity contribution in [3.63, 3.8) is 0 Å². The average Bonchev–Trinajstić information content (AvgIpc) is 3.71. The van der Waals surface area contributed by atoms with Crippen molar-refractivity contribution in [1.29, 1.82) is 0 Å². The molecule has 0 unspecified atom stereocenters. The summed E-state index contributed by atoms with van der Waals surface area (Å²) in [6.07, 6.45) is 6.43. The highest BCUT2D eigenvalue weighted by atomic mass is 32.1. The molecule has 41 heavy (non-hydrogen) atoms. The van der Waals surface area contributed by atoms with Gasteiger partial charge >= 0.3 is 0 Å². The van der Waals surface area contributed by atoms with E-state index in [0.29, 0.717) is 28.5 Å². The second kappa shape index (κ2) is 11.6. The molecule has 0 aliphatic heterocycles. The van der Waals surface area contributed by atoms with Crippen LogP contribution in [0.4, 0.5) is 0 Å². The summed E-state index contributed by atoms with van der Waals surface area (Å²) in [7, 11) is 0. The minimum Gasteiger partial charge on any atom is -0.494 e. The molecular formula is C32H27N5O3S. The molecule has 8 nitrogen and oxygen atoms in total. The van der Waals surface area contributed by atoms with E-state index in [4.69, 9.17) is 14.6 Å². The maximum Gasteiger partial charge on any atom is 0.291 e. The molecule has 0 aliphatic rings. The summed E-state index contributed by atoms with van der Waals surface area (Å²) >= 11 is 1.30. The standard InChI is InChI=1S/C32H27N5O3S/c1-3-18-39-26-14-10-22(11-15-26)29-24(21-36(34-29)25-8-6-5-7-9-25)20-28-31(38)37-32(41-28)33-30(35-37)23-12-16-27(17-13-23)40-19-4-2/h4-17,20-21H,2-3,18-19H2,1H3. The van der Waals surface area contributed by atoms with Gasteiger partial charge in [-0.3, -0.25) is 4.79 Å². The van der Waals surface area contributed by atoms with Crippen molar-refractivity contribution in [3.8, 4) is 39.8 Å². The van der Waals surface area contributed by atoms with Crippen molar-refractivity contribution in [3.05, 3.63) is 118 Å². The van der Waals surface area contributed by atoms with E-state index >= 15 is 0 Å². The van der Waals surface area contributed by atoms with Crippen LogP contribution in [-0.4, -0.2) is 37.6 Å². The van der Waals surface area contributed by atoms with Crippen molar-refractivity contribution in [2.75, 3.05) is 13.2 Å². The first-order valence-electron chi connectivity index (χ1n) is 13.3. The molecule has 0 radical (unpaired) electrons. The predicted molar refractivity (Wildman–Crippen MR) is 162 cm³/mol. The molecule has 3 aromatic heterocycles. The van der Waals surface area contributed by atoms with Crippen LogP contribution in [0.5, 0.6) is 11.5 Å². The summed E-state index contributed by atoms with van der Waals surface area (Å²) in [6.45, 7) is 6.83. The lowest BCUT2D eigenvalue weighted by atomic mass is 10.1. The zero-order valence-electron chi connectivity index (χ0n) is 22.4. The van der Waals surface area contributed by atoms with Crippen LogP contribution < -0.4 is 19.6 Å². The van der Waals surface area contributed by atoms with E-state index in [1.807, 2.05) is 95.8 Å². The number of ether oxygens (including phenoxy) is 2. The number of thiazole rings is 1. The minimum atomic E-state index is -0.226. The van der Waals surface area contributed by atoms with Crippen LogP contribution in [-0.2, 0) is 0 Å². The van der Waals surface area contributed by atoms with Crippen LogP contribution in [0.2, 0.25) is 0 Å². The van der Waals surface area contributed by atoms with E-state index in [2.05, 4.69) is 23.6 Å². The lowest BCUT2D eigenvalue weighted by Crippen LogP contribution is -2.23. The van der Waals surface area contributed by atoms with E-state index in [-0.39, 0.29) is 5.56 Å². The van der Waals surface area contributed by atoms with Gasteiger partial charge in [-0.1, -0.05) is 49.1 Å². The Bertz CT molecular complexity index is 1910. The molecule has 0 bridgehead atoms. The third-order valence-corrected chi connectivity index (χ3v) is 7.27. The summed E-state index contributed by atoms with van der Waals surface area (Å²) < 4.78 is 15.0. The Labute approximate surface area is 240 Å². The molecule has 6 rings (SSSR count). The molecule has 0 fully saturated rings. The van der Waals surface area contributed by atoms with Crippen molar-refractivity contribution in [1.82, 2.24) is 24.4 Å². The fourth-order valence-corrected chi connectivity index (χ4v) is 5.21. The van der Waals surface area contributed by atoms with E-state index in [1.54, 1.807) is 6.08 Å². The van der Waals surface area contributed by atoms with Crippen LogP contribution in [0.1, 0.15) is 18.9 Å². The molecule has 9 heteroatoms. The number of rotatable bonds is 10. The second-order valence-corrected chi connectivity index (χ2v) is 10.3. The normalized spacial score (nSPS) is 11.7. The summed E-state index contributed by atoms with van der Waals surface area (Å²) in [6, 6.07) is 25.2. The number of fused-ring (bicyclic) bond motifs is 1. The monoisotopic (exact) mass is 561 g/mol. The molecule has 204 valence electrons. The Morgan fingerprint density at radius 2 is 1.61 bits per heavy atom. The van der Waals surface area contributed by atoms with Gasteiger partial charge in [-0.2, -0.15) is 14.6 Å². The quantitative estimate of drug-likeness (QED) is 0.203. The smallest absolute Gasteiger partial charge is 0.291 e. The first-order chi connectivity index (χ1) is 20.1. The molecule has 6 aromatic rings. The lowest BCUT2D eigenvalue weighted by Gasteiger charge is -2.05. The van der Waals surface area contributed by atoms with Gasteiger partial charge in [-0.05, 0) is 73.2 Å². The van der Waals surface area contributed by atoms with Crippen LogP contribution >= 0.6 is 11.3 Å². The van der Waals surface area contributed by atoms with Crippen molar-refractivity contribution < 1.29 is 9.47 Å². The summed E-state index contributed by atoms with van der Waals surface area (Å²) in [4.78, 5) is 18.5. The molecule has 0 aliphatic carbocycles. The molecule has 0 N–H and O–H groups in total. The molecule has 3 aromatic carbocycles. The van der Waals surface area contributed by atoms with Gasteiger partial charge in [0.15, 0.2) is 5.82 Å². The number of nitrogens with zero attached hydrogens (tertiary/aromatic N) is 5. The second-order valence-electron chi connectivity index (χ2n) is 9.26. The number of hydrogen-bond acceptors (Lipinski definition) is 7. The first-order valence-corrected chi connectivity index (χ1v) is 14.1. The fraction of sp³-hybridized carbons (Fsp3) is 0.125. The zero-order valence-corrected chi connectivity index (χ0v) is 23.3. The summed E-state index contributed by atoms with van der Waals surface area (Å²) in [5.74, 6) is 2.02. The van der Waals surface area contributed by atoms with Crippen LogP contribution in [0.15, 0.2) is 103 Å². The molecule has 0 spiro atoms. The maximum atomic E-state index is 13.4. The Morgan fingerprint density at radius 3 is 2.29 bits per heavy atom. The maximum absolute atomic E-state index is 13.4. The largest absolute Gasteiger partial charge is 0.494 e. The molecular weight excluding hydrogens is 534 g/mol. The van der Waals surface area contributed by atoms with Crippen molar-refractivity contribution in [2.45, 2.75) is 13.3 Å². The summed E-state index contributed by atoms with van der Waals surface area (Å²) in [5, 5.41) is 9.38. The Balaban J connectivity index is 1.37. The fourth-order valence-electron chi connectivity index (χ4n) is 4.31. The van der Waals surface area contributed by atoms with Gasteiger partial charge in [0.2, 0.25) is 4.96 Å². The highest BCUT2D eigenvalue weighted by molar-refractivity contribution is 7.15. The number of para-hydroxylation sites is 1. The first kappa shape index (κ1) is 26.2. The number of benzene rings is 3. The van der Waals surface area contributed by atoms with Gasteiger partial charge in [-0.15, -0.1) is 5.10 Å². The SMILES string of the molecule is C=CCOc1ccc(-c2nc3sc(=Cc4cn(-c5ccccc5)nc4-c4ccc(OCCC)cc4)c(=O)n3n2)cc1. The molecule has 0 saturated carbocycles. The van der Waals surface area contributed by atoms with Gasteiger partial charge in [0.05, 0.1) is 16.8 Å². The molecule has 0 amide bonds. The zero-order chi connectivity index (χ0) is 28.2. The number of aromatic nitrogens is 5. The lowest BCUT2D eigenvalue weighted by molar-refractivity contribution is 0.317. The van der Waals surface area contributed by atoms with E-state index in [0.717, 1.165) is 46.0 Å². The average molecular weight is 562 g/mol. The van der Waals surface area contributed by atoms with Crippen molar-refractivity contribution >= 4 is 22.4 Å². The minimum absolute atomic E-state index is 0.226. The Hall–Kier alpha value is -5.02. The highest BCUT2D eigenvalue weighted by Gasteiger charge is 2.15. The van der Waals surface area contributed by atoms with Crippen molar-refractivity contribution in [2.24, 2.45) is 0 Å². The van der Waals surface area contributed by atoms with Gasteiger partial charge in [0.25, 0.3) is 5.56 Å². The Morgan fingerprint density at radius 1 is 0.902 bits per heavy atom. The molecule has 3 heterocycles. The third kappa shape index (κ3) is 5.53. The topological polar surface area (TPSA) is 83.5 Å². The Kier molecular flexibility index (Phi) is 7.42. The summed E-state index contributed by atoms with van der Waals surface area (Å²) in [5.41, 5.74) is 3.99. The third-order valence-electron chi connectivity index (χ3n) is 6.31. The van der Waals surface area contributed by atoms with Gasteiger partial charge in [-0.25, -0.2) is 4.68 Å². The van der Waals surface area contributed by atoms with E-state index in [9.17, 15) is 4.79 Å². The van der Waals surface area contributed by atoms with Gasteiger partial charge < -0.3 is 9.47 Å². The van der Waals surface area contributed by atoms with Gasteiger partial charge in [0, 0.05) is 22.9 Å².